The third-order valence-electron chi connectivity index (χ3n) is 4.37. The van der Waals surface area contributed by atoms with E-state index >= 15 is 0 Å². The zero-order valence-electron chi connectivity index (χ0n) is 21.5. The van der Waals surface area contributed by atoms with Crippen LogP contribution in [-0.4, -0.2) is 91.2 Å². The number of unbranched alkanes of at least 4 members (excludes halogenated alkanes) is 5. The van der Waals surface area contributed by atoms with Gasteiger partial charge < -0.3 is 40.9 Å². The lowest BCUT2D eigenvalue weighted by atomic mass is 9.97. The summed E-state index contributed by atoms with van der Waals surface area (Å²) in [6.45, 7) is 3.44. The molecule has 12 nitrogen and oxygen atoms in total. The minimum Gasteiger partial charge on any atom is -0.481 e. The molecule has 0 atom stereocenters. The van der Waals surface area contributed by atoms with Gasteiger partial charge in [0, 0.05) is 18.3 Å². The summed E-state index contributed by atoms with van der Waals surface area (Å²) in [6.07, 6.45) is 5.82. The van der Waals surface area contributed by atoms with Crippen LogP contribution in [-0.2, 0) is 9.59 Å². The molecule has 0 aliphatic rings. The average Bonchev–Trinajstić information content (AvgIpc) is 2.86. The second-order valence-corrected chi connectivity index (χ2v) is 8.52. The van der Waals surface area contributed by atoms with E-state index < -0.39 is 23.9 Å². The summed E-state index contributed by atoms with van der Waals surface area (Å²) >= 11 is 0. The van der Waals surface area contributed by atoms with Crippen LogP contribution in [0.3, 0.4) is 0 Å². The average molecular weight is 535 g/mol. The van der Waals surface area contributed by atoms with Crippen molar-refractivity contribution in [1.82, 2.24) is 0 Å². The largest absolute Gasteiger partial charge is 0.481 e. The van der Waals surface area contributed by atoms with Crippen molar-refractivity contribution in [1.29, 1.82) is 0 Å². The highest BCUT2D eigenvalue weighted by molar-refractivity contribution is 5.91. The Morgan fingerprint density at radius 1 is 0.568 bits per heavy atom. The number of aliphatic hydroxyl groups is 4. The molecule has 0 radical (unpaired) electrons. The summed E-state index contributed by atoms with van der Waals surface area (Å²) in [4.78, 5) is 41.0. The summed E-state index contributed by atoms with van der Waals surface area (Å²) in [5.41, 5.74) is -0.139. The molecule has 0 aliphatic carbocycles. The van der Waals surface area contributed by atoms with Crippen LogP contribution in [0.1, 0.15) is 85.9 Å². The van der Waals surface area contributed by atoms with Gasteiger partial charge in [-0.1, -0.05) is 39.5 Å². The number of aliphatic carboxylic acids is 2. The molecule has 1 aromatic carbocycles. The van der Waals surface area contributed by atoms with Gasteiger partial charge >= 0.3 is 23.9 Å². The summed E-state index contributed by atoms with van der Waals surface area (Å²) < 4.78 is 0. The van der Waals surface area contributed by atoms with E-state index in [9.17, 15) is 19.2 Å². The minimum absolute atomic E-state index is 0.0451. The second kappa shape index (κ2) is 24.6. The molecule has 1 aromatic rings. The first-order chi connectivity index (χ1) is 17.3. The molecule has 0 heterocycles. The van der Waals surface area contributed by atoms with Crippen molar-refractivity contribution >= 4 is 23.9 Å². The van der Waals surface area contributed by atoms with Gasteiger partial charge in [0.25, 0.3) is 0 Å². The number of rotatable bonds is 14. The first-order valence-electron chi connectivity index (χ1n) is 11.7. The fourth-order valence-electron chi connectivity index (χ4n) is 2.06. The van der Waals surface area contributed by atoms with Crippen molar-refractivity contribution in [2.75, 3.05) is 26.4 Å². The SMILES string of the molecule is CC(C)(CO)CO.O=C(O)CCCCCCCCC(=O)O.O=C(O)c1ccc(C(=O)O)cc1.OCCO. The molecular weight excluding hydrogens is 492 g/mol. The lowest BCUT2D eigenvalue weighted by molar-refractivity contribution is -0.138. The van der Waals surface area contributed by atoms with Gasteiger partial charge in [0.2, 0.25) is 0 Å². The third kappa shape index (κ3) is 29.1. The van der Waals surface area contributed by atoms with E-state index in [2.05, 4.69) is 0 Å². The molecule has 0 saturated carbocycles. The monoisotopic (exact) mass is 534 g/mol. The number of benzene rings is 1. The molecule has 12 heteroatoms. The van der Waals surface area contributed by atoms with E-state index in [1.165, 1.54) is 24.3 Å². The predicted octanol–water partition coefficient (Wildman–Crippen LogP) is 2.33. The van der Waals surface area contributed by atoms with Crippen molar-refractivity contribution in [2.24, 2.45) is 5.41 Å². The standard InChI is InChI=1S/C10H18O4.C8H6O4.C5H12O2.C2H6O2/c11-9(12)7-5-3-1-2-4-6-8-10(13)14;9-7(10)5-1-2-6(4-3-5)8(11)12;1-5(2,3-6)4-7;3-1-2-4/h1-8H2,(H,11,12)(H,13,14);1-4H,(H,9,10)(H,11,12);6-7H,3-4H2,1-2H3;3-4H,1-2H2. The topological polar surface area (TPSA) is 230 Å². The molecule has 214 valence electrons. The second-order valence-electron chi connectivity index (χ2n) is 8.52. The highest BCUT2D eigenvalue weighted by atomic mass is 16.4. The first kappa shape index (κ1) is 38.5. The number of hydrogen-bond acceptors (Lipinski definition) is 8. The number of aliphatic hydroxyl groups excluding tert-OH is 4. The van der Waals surface area contributed by atoms with Gasteiger partial charge in [0.1, 0.15) is 0 Å². The van der Waals surface area contributed by atoms with E-state index in [1.54, 1.807) is 13.8 Å². The first-order valence-corrected chi connectivity index (χ1v) is 11.7. The van der Waals surface area contributed by atoms with Crippen LogP contribution in [0.5, 0.6) is 0 Å². The Kier molecular flexibility index (Phi) is 25.6. The van der Waals surface area contributed by atoms with Gasteiger partial charge in [0.05, 0.1) is 37.6 Å². The summed E-state index contributed by atoms with van der Waals surface area (Å²) in [6, 6.07) is 5.02. The van der Waals surface area contributed by atoms with Crippen molar-refractivity contribution in [3.63, 3.8) is 0 Å². The van der Waals surface area contributed by atoms with E-state index in [1.807, 2.05) is 0 Å². The van der Waals surface area contributed by atoms with Gasteiger partial charge in [-0.2, -0.15) is 0 Å². The number of hydrogen-bond donors (Lipinski definition) is 8. The molecule has 0 aromatic heterocycles. The van der Waals surface area contributed by atoms with Crippen LogP contribution in [0.15, 0.2) is 24.3 Å². The Morgan fingerprint density at radius 2 is 0.838 bits per heavy atom. The van der Waals surface area contributed by atoms with Crippen LogP contribution in [0.4, 0.5) is 0 Å². The van der Waals surface area contributed by atoms with Crippen LogP contribution >= 0.6 is 0 Å². The number of carboxylic acid groups (broad SMARTS) is 4. The molecular formula is C25H42O12. The summed E-state index contributed by atoms with van der Waals surface area (Å²) in [7, 11) is 0. The quantitative estimate of drug-likeness (QED) is 0.161. The molecule has 0 amide bonds. The van der Waals surface area contributed by atoms with Gasteiger partial charge in [-0.3, -0.25) is 9.59 Å². The maximum absolute atomic E-state index is 10.3. The summed E-state index contributed by atoms with van der Waals surface area (Å²) in [5, 5.41) is 65.8. The van der Waals surface area contributed by atoms with E-state index in [0.717, 1.165) is 38.5 Å². The highest BCUT2D eigenvalue weighted by Gasteiger charge is 2.13. The fourth-order valence-corrected chi connectivity index (χ4v) is 2.06. The Bertz CT molecular complexity index is 684. The van der Waals surface area contributed by atoms with Gasteiger partial charge in [-0.15, -0.1) is 0 Å². The lowest BCUT2D eigenvalue weighted by Crippen LogP contribution is -2.20. The smallest absolute Gasteiger partial charge is 0.335 e. The zero-order valence-corrected chi connectivity index (χ0v) is 21.5. The van der Waals surface area contributed by atoms with Crippen molar-refractivity contribution < 1.29 is 60.0 Å². The molecule has 1 rings (SSSR count). The van der Waals surface area contributed by atoms with Crippen LogP contribution < -0.4 is 0 Å². The maximum atomic E-state index is 10.3. The Morgan fingerprint density at radius 3 is 1.00 bits per heavy atom. The Balaban J connectivity index is -0.000000454. The van der Waals surface area contributed by atoms with Crippen molar-refractivity contribution in [2.45, 2.75) is 65.2 Å². The van der Waals surface area contributed by atoms with Gasteiger partial charge in [0.15, 0.2) is 0 Å². The molecule has 0 bridgehead atoms. The third-order valence-corrected chi connectivity index (χ3v) is 4.37. The minimum atomic E-state index is -1.06. The van der Waals surface area contributed by atoms with Crippen molar-refractivity contribution in [3.05, 3.63) is 35.4 Å². The van der Waals surface area contributed by atoms with Crippen molar-refractivity contribution in [3.8, 4) is 0 Å². The predicted molar refractivity (Wildman–Crippen MR) is 135 cm³/mol. The van der Waals surface area contributed by atoms with Gasteiger partial charge in [-0.25, -0.2) is 9.59 Å². The normalized spacial score (nSPS) is 9.89. The molecule has 0 fully saturated rings. The molecule has 0 saturated heterocycles. The maximum Gasteiger partial charge on any atom is 0.335 e. The highest BCUT2D eigenvalue weighted by Crippen LogP contribution is 2.10. The Hall–Kier alpha value is -3.06. The molecule has 0 aliphatic heterocycles. The van der Waals surface area contributed by atoms with Crippen LogP contribution in [0, 0.1) is 5.41 Å². The van der Waals surface area contributed by atoms with E-state index in [4.69, 9.17) is 40.9 Å². The van der Waals surface area contributed by atoms with Gasteiger partial charge in [-0.05, 0) is 37.1 Å². The number of carbonyl (C=O) groups is 4. The zero-order chi connectivity index (χ0) is 29.3. The summed E-state index contributed by atoms with van der Waals surface area (Å²) in [5.74, 6) is -3.61. The molecule has 8 N–H and O–H groups in total. The number of carboxylic acids is 4. The molecule has 0 spiro atoms. The molecule has 37 heavy (non-hydrogen) atoms. The van der Waals surface area contributed by atoms with Crippen LogP contribution in [0.25, 0.3) is 0 Å². The lowest BCUT2D eigenvalue weighted by Gasteiger charge is -2.16. The number of aromatic carboxylic acids is 2. The Labute approximate surface area is 216 Å². The molecule has 0 unspecified atom stereocenters. The van der Waals surface area contributed by atoms with E-state index in [-0.39, 0.29) is 55.8 Å². The fraction of sp³-hybridized carbons (Fsp3) is 0.600. The van der Waals surface area contributed by atoms with E-state index in [0.29, 0.717) is 0 Å². The van der Waals surface area contributed by atoms with Crippen LogP contribution in [0.2, 0.25) is 0 Å².